The first kappa shape index (κ1) is 20.4. The van der Waals surface area contributed by atoms with Gasteiger partial charge in [0.25, 0.3) is 0 Å². The predicted octanol–water partition coefficient (Wildman–Crippen LogP) is 4.18. The third-order valence-corrected chi connectivity index (χ3v) is 6.53. The molecule has 0 saturated carbocycles. The average molecular weight is 446 g/mol. The van der Waals surface area contributed by atoms with E-state index in [1.165, 1.54) is 11.7 Å². The zero-order valence-corrected chi connectivity index (χ0v) is 18.2. The van der Waals surface area contributed by atoms with Gasteiger partial charge in [-0.3, -0.25) is 0 Å². The van der Waals surface area contributed by atoms with Gasteiger partial charge in [-0.05, 0) is 42.7 Å². The summed E-state index contributed by atoms with van der Waals surface area (Å²) in [5.74, 6) is 2.01. The van der Waals surface area contributed by atoms with Crippen LogP contribution in [0.4, 0.5) is 5.82 Å². The fourth-order valence-electron chi connectivity index (χ4n) is 4.25. The summed E-state index contributed by atoms with van der Waals surface area (Å²) in [5.41, 5.74) is 10.3. The van der Waals surface area contributed by atoms with Crippen LogP contribution in [-0.4, -0.2) is 24.8 Å². The number of hydrogen-bond acceptors (Lipinski definition) is 5. The van der Waals surface area contributed by atoms with E-state index in [4.69, 9.17) is 10.5 Å². The third-order valence-electron chi connectivity index (χ3n) is 5.67. The Balaban J connectivity index is 1.53. The second-order valence-corrected chi connectivity index (χ2v) is 8.81. The molecule has 0 bridgehead atoms. The van der Waals surface area contributed by atoms with E-state index in [1.807, 2.05) is 54.6 Å². The SMILES string of the molecule is C=CS(=O)NC1CCc2c(-c3ccc(Oc4ccccc4)cc3)c3c(N)ncnc3n2C1. The van der Waals surface area contributed by atoms with Crippen LogP contribution in [0.25, 0.3) is 22.2 Å². The number of fused-ring (bicyclic) bond motifs is 3. The van der Waals surface area contributed by atoms with E-state index in [9.17, 15) is 4.21 Å². The maximum atomic E-state index is 11.9. The summed E-state index contributed by atoms with van der Waals surface area (Å²) in [5, 5.41) is 2.26. The maximum Gasteiger partial charge on any atom is 0.146 e. The largest absolute Gasteiger partial charge is 0.457 e. The van der Waals surface area contributed by atoms with Gasteiger partial charge >= 0.3 is 0 Å². The number of nitrogen functional groups attached to an aromatic ring is 1. The second-order valence-electron chi connectivity index (χ2n) is 7.65. The summed E-state index contributed by atoms with van der Waals surface area (Å²) in [6.07, 6.45) is 3.15. The van der Waals surface area contributed by atoms with Gasteiger partial charge in [-0.2, -0.15) is 0 Å². The molecule has 0 fully saturated rings. The zero-order valence-electron chi connectivity index (χ0n) is 17.4. The zero-order chi connectivity index (χ0) is 22.1. The van der Waals surface area contributed by atoms with Crippen molar-refractivity contribution in [3.8, 4) is 22.6 Å². The van der Waals surface area contributed by atoms with Crippen LogP contribution < -0.4 is 15.2 Å². The van der Waals surface area contributed by atoms with Gasteiger partial charge in [-0.15, -0.1) is 0 Å². The Labute approximate surface area is 188 Å². The highest BCUT2D eigenvalue weighted by Gasteiger charge is 2.28. The Kier molecular flexibility index (Phi) is 5.46. The van der Waals surface area contributed by atoms with E-state index in [1.54, 1.807) is 0 Å². The second kappa shape index (κ2) is 8.57. The maximum absolute atomic E-state index is 11.9. The number of aromatic nitrogens is 3. The normalized spacial score (nSPS) is 16.4. The summed E-state index contributed by atoms with van der Waals surface area (Å²) in [6.45, 7) is 4.24. The van der Waals surface area contributed by atoms with Crippen molar-refractivity contribution in [2.24, 2.45) is 0 Å². The number of nitrogens with zero attached hydrogens (tertiary/aromatic N) is 3. The summed E-state index contributed by atoms with van der Waals surface area (Å²) in [6, 6.07) is 17.7. The lowest BCUT2D eigenvalue weighted by Crippen LogP contribution is -2.37. The van der Waals surface area contributed by atoms with E-state index < -0.39 is 11.0 Å². The van der Waals surface area contributed by atoms with Gasteiger partial charge in [-0.1, -0.05) is 36.9 Å². The minimum atomic E-state index is -1.26. The summed E-state index contributed by atoms with van der Waals surface area (Å²) in [7, 11) is -1.26. The van der Waals surface area contributed by atoms with Crippen molar-refractivity contribution in [2.75, 3.05) is 5.73 Å². The highest BCUT2D eigenvalue weighted by Crippen LogP contribution is 2.40. The first-order valence-corrected chi connectivity index (χ1v) is 11.6. The number of nitrogens with one attached hydrogen (secondary N) is 1. The Hall–Kier alpha value is -3.49. The molecular formula is C24H23N5O2S. The molecule has 0 amide bonds. The standard InChI is InChI=1S/C24H23N5O2S/c1-2-32(30)28-17-10-13-20-21(22-23(25)26-15-27-24(22)29(20)14-17)16-8-11-19(12-9-16)31-18-6-4-3-5-7-18/h2-9,11-12,15,17,28H,1,10,13-14H2,(H2,25,26,27). The van der Waals surface area contributed by atoms with Crippen molar-refractivity contribution in [2.45, 2.75) is 25.4 Å². The Morgan fingerprint density at radius 3 is 2.62 bits per heavy atom. The number of nitrogens with two attached hydrogens (primary N) is 1. The minimum absolute atomic E-state index is 0.0580. The highest BCUT2D eigenvalue weighted by molar-refractivity contribution is 7.86. The predicted molar refractivity (Wildman–Crippen MR) is 127 cm³/mol. The first-order valence-electron chi connectivity index (χ1n) is 10.4. The summed E-state index contributed by atoms with van der Waals surface area (Å²) >= 11 is 0. The van der Waals surface area contributed by atoms with Gasteiger partial charge in [0.2, 0.25) is 0 Å². The van der Waals surface area contributed by atoms with E-state index in [2.05, 4.69) is 25.8 Å². The van der Waals surface area contributed by atoms with Gasteiger partial charge in [-0.25, -0.2) is 18.9 Å². The summed E-state index contributed by atoms with van der Waals surface area (Å²) < 4.78 is 23.1. The molecular weight excluding hydrogens is 422 g/mol. The van der Waals surface area contributed by atoms with E-state index in [0.717, 1.165) is 52.2 Å². The quantitative estimate of drug-likeness (QED) is 0.464. The molecule has 32 heavy (non-hydrogen) atoms. The minimum Gasteiger partial charge on any atom is -0.457 e. The van der Waals surface area contributed by atoms with Crippen molar-refractivity contribution in [3.05, 3.63) is 78.6 Å². The van der Waals surface area contributed by atoms with Crippen LogP contribution in [0, 0.1) is 0 Å². The van der Waals surface area contributed by atoms with Crippen LogP contribution in [0.15, 0.2) is 72.9 Å². The lowest BCUT2D eigenvalue weighted by Gasteiger charge is -2.25. The topological polar surface area (TPSA) is 95.1 Å². The Morgan fingerprint density at radius 2 is 1.88 bits per heavy atom. The molecule has 0 aliphatic carbocycles. The summed E-state index contributed by atoms with van der Waals surface area (Å²) in [4.78, 5) is 8.77. The van der Waals surface area contributed by atoms with Gasteiger partial charge in [0.15, 0.2) is 0 Å². The van der Waals surface area contributed by atoms with Gasteiger partial charge in [0.05, 0.1) is 5.39 Å². The molecule has 0 saturated heterocycles. The van der Waals surface area contributed by atoms with E-state index in [-0.39, 0.29) is 6.04 Å². The molecule has 7 nitrogen and oxygen atoms in total. The lowest BCUT2D eigenvalue weighted by atomic mass is 9.97. The fourth-order valence-corrected chi connectivity index (χ4v) is 4.87. The Bertz CT molecular complexity index is 1300. The van der Waals surface area contributed by atoms with Crippen LogP contribution >= 0.6 is 0 Å². The molecule has 0 radical (unpaired) electrons. The smallest absolute Gasteiger partial charge is 0.146 e. The fraction of sp³-hybridized carbons (Fsp3) is 0.167. The van der Waals surface area contributed by atoms with Gasteiger partial charge in [0, 0.05) is 29.3 Å². The molecule has 0 spiro atoms. The van der Waals surface area contributed by atoms with Crippen molar-refractivity contribution in [1.82, 2.24) is 19.3 Å². The van der Waals surface area contributed by atoms with Crippen LogP contribution in [0.3, 0.4) is 0 Å². The molecule has 8 heteroatoms. The monoisotopic (exact) mass is 445 g/mol. The molecule has 2 atom stereocenters. The van der Waals surface area contributed by atoms with Crippen molar-refractivity contribution >= 4 is 27.8 Å². The molecule has 3 N–H and O–H groups in total. The Morgan fingerprint density at radius 1 is 1.12 bits per heavy atom. The molecule has 2 aromatic carbocycles. The molecule has 4 aromatic rings. The molecule has 162 valence electrons. The van der Waals surface area contributed by atoms with Gasteiger partial charge < -0.3 is 15.0 Å². The molecule has 5 rings (SSSR count). The molecule has 1 aliphatic heterocycles. The van der Waals surface area contributed by atoms with Gasteiger partial charge in [0.1, 0.15) is 40.3 Å². The first-order chi connectivity index (χ1) is 15.6. The third kappa shape index (κ3) is 3.79. The molecule has 2 unspecified atom stereocenters. The number of para-hydroxylation sites is 1. The number of rotatable bonds is 6. The van der Waals surface area contributed by atoms with Crippen LogP contribution in [0.5, 0.6) is 11.5 Å². The molecule has 1 aliphatic rings. The van der Waals surface area contributed by atoms with Crippen LogP contribution in [-0.2, 0) is 24.0 Å². The molecule has 3 heterocycles. The van der Waals surface area contributed by atoms with Crippen molar-refractivity contribution in [1.29, 1.82) is 0 Å². The van der Waals surface area contributed by atoms with Crippen molar-refractivity contribution < 1.29 is 8.95 Å². The molecule has 2 aromatic heterocycles. The van der Waals surface area contributed by atoms with Crippen LogP contribution in [0.1, 0.15) is 12.1 Å². The van der Waals surface area contributed by atoms with Crippen LogP contribution in [0.2, 0.25) is 0 Å². The lowest BCUT2D eigenvalue weighted by molar-refractivity contribution is 0.443. The highest BCUT2D eigenvalue weighted by atomic mass is 32.2. The number of ether oxygens (including phenoxy) is 1. The van der Waals surface area contributed by atoms with Crippen molar-refractivity contribution in [3.63, 3.8) is 0 Å². The number of anilines is 1. The average Bonchev–Trinajstić information content (AvgIpc) is 3.15. The number of benzene rings is 2. The number of hydrogen-bond donors (Lipinski definition) is 2. The van der Waals surface area contributed by atoms with E-state index >= 15 is 0 Å². The van der Waals surface area contributed by atoms with E-state index in [0.29, 0.717) is 12.4 Å².